The molecule has 98 valence electrons. The predicted octanol–water partition coefficient (Wildman–Crippen LogP) is 3.22. The molecule has 1 heterocycles. The van der Waals surface area contributed by atoms with Crippen LogP contribution in [-0.2, 0) is 6.42 Å². The summed E-state index contributed by atoms with van der Waals surface area (Å²) in [6.45, 7) is 4.28. The van der Waals surface area contributed by atoms with Crippen molar-refractivity contribution in [3.05, 3.63) is 23.8 Å². The number of rotatable bonds is 6. The van der Waals surface area contributed by atoms with Crippen molar-refractivity contribution in [3.63, 3.8) is 0 Å². The lowest BCUT2D eigenvalue weighted by Crippen LogP contribution is -2.16. The molecule has 0 aliphatic heterocycles. The first-order chi connectivity index (χ1) is 8.69. The van der Waals surface area contributed by atoms with E-state index in [1.165, 1.54) is 10.3 Å². The van der Waals surface area contributed by atoms with Crippen molar-refractivity contribution in [2.24, 2.45) is 0 Å². The predicted molar refractivity (Wildman–Crippen MR) is 80.7 cm³/mol. The summed E-state index contributed by atoms with van der Waals surface area (Å²) in [6.07, 6.45) is 2.22. The Hall–Kier alpha value is -1.13. The van der Waals surface area contributed by atoms with Crippen LogP contribution in [0.4, 0.5) is 5.13 Å². The first-order valence-electron chi connectivity index (χ1n) is 6.47. The summed E-state index contributed by atoms with van der Waals surface area (Å²) in [4.78, 5) is 6.80. The number of hydrogen-bond donors (Lipinski definition) is 1. The second-order valence-electron chi connectivity index (χ2n) is 4.76. The standard InChI is InChI=1S/C14H21N3S/c1-4-11-6-7-12-13(10-11)18-14(16-12)15-8-5-9-17(2)3/h6-7,10H,4-5,8-9H2,1-3H3,(H,15,16). The summed E-state index contributed by atoms with van der Waals surface area (Å²) in [5, 5.41) is 4.45. The van der Waals surface area contributed by atoms with Gasteiger partial charge in [0.1, 0.15) is 0 Å². The molecule has 0 saturated carbocycles. The van der Waals surface area contributed by atoms with E-state index in [-0.39, 0.29) is 0 Å². The number of hydrogen-bond acceptors (Lipinski definition) is 4. The molecule has 0 aliphatic carbocycles. The van der Waals surface area contributed by atoms with Crippen LogP contribution >= 0.6 is 11.3 Å². The van der Waals surface area contributed by atoms with Crippen molar-refractivity contribution in [3.8, 4) is 0 Å². The maximum absolute atomic E-state index is 4.60. The van der Waals surface area contributed by atoms with E-state index >= 15 is 0 Å². The minimum absolute atomic E-state index is 0.985. The summed E-state index contributed by atoms with van der Waals surface area (Å²) >= 11 is 1.75. The molecule has 2 rings (SSSR count). The Morgan fingerprint density at radius 1 is 1.33 bits per heavy atom. The van der Waals surface area contributed by atoms with Crippen molar-refractivity contribution < 1.29 is 0 Å². The number of benzene rings is 1. The lowest BCUT2D eigenvalue weighted by Gasteiger charge is -2.08. The monoisotopic (exact) mass is 263 g/mol. The van der Waals surface area contributed by atoms with Crippen molar-refractivity contribution >= 4 is 26.7 Å². The van der Waals surface area contributed by atoms with Crippen LogP contribution in [0, 0.1) is 0 Å². The fourth-order valence-electron chi connectivity index (χ4n) is 1.86. The molecule has 1 N–H and O–H groups in total. The molecule has 0 atom stereocenters. The van der Waals surface area contributed by atoms with Gasteiger partial charge in [-0.3, -0.25) is 0 Å². The lowest BCUT2D eigenvalue weighted by molar-refractivity contribution is 0.405. The Labute approximate surface area is 113 Å². The highest BCUT2D eigenvalue weighted by Gasteiger charge is 2.03. The van der Waals surface area contributed by atoms with E-state index in [2.05, 4.69) is 54.4 Å². The Morgan fingerprint density at radius 2 is 2.17 bits per heavy atom. The minimum Gasteiger partial charge on any atom is -0.361 e. The van der Waals surface area contributed by atoms with Gasteiger partial charge in [-0.25, -0.2) is 4.98 Å². The third-order valence-corrected chi connectivity index (χ3v) is 3.90. The Balaban J connectivity index is 1.97. The van der Waals surface area contributed by atoms with Crippen LogP contribution in [-0.4, -0.2) is 37.1 Å². The summed E-state index contributed by atoms with van der Waals surface area (Å²) in [5.74, 6) is 0. The molecular weight excluding hydrogens is 242 g/mol. The van der Waals surface area contributed by atoms with Gasteiger partial charge in [-0.2, -0.15) is 0 Å². The maximum Gasteiger partial charge on any atom is 0.183 e. The molecule has 4 heteroatoms. The molecule has 1 aromatic carbocycles. The van der Waals surface area contributed by atoms with E-state index < -0.39 is 0 Å². The van der Waals surface area contributed by atoms with Gasteiger partial charge in [-0.05, 0) is 51.2 Å². The van der Waals surface area contributed by atoms with Gasteiger partial charge in [0.15, 0.2) is 5.13 Å². The summed E-state index contributed by atoms with van der Waals surface area (Å²) in [5.41, 5.74) is 2.48. The first kappa shape index (κ1) is 13.3. The second-order valence-corrected chi connectivity index (χ2v) is 5.79. The fourth-order valence-corrected chi connectivity index (χ4v) is 2.81. The molecule has 0 unspecified atom stereocenters. The second kappa shape index (κ2) is 6.16. The number of nitrogens with zero attached hydrogens (tertiary/aromatic N) is 2. The largest absolute Gasteiger partial charge is 0.361 e. The van der Waals surface area contributed by atoms with Crippen LogP contribution in [0.25, 0.3) is 10.2 Å². The molecule has 1 aromatic heterocycles. The van der Waals surface area contributed by atoms with Gasteiger partial charge >= 0.3 is 0 Å². The Bertz CT molecular complexity index is 505. The molecule has 0 saturated heterocycles. The van der Waals surface area contributed by atoms with E-state index in [0.29, 0.717) is 0 Å². The van der Waals surface area contributed by atoms with Gasteiger partial charge in [0.05, 0.1) is 10.2 Å². The average Bonchev–Trinajstić information content (AvgIpc) is 2.75. The van der Waals surface area contributed by atoms with Crippen molar-refractivity contribution in [1.29, 1.82) is 0 Å². The van der Waals surface area contributed by atoms with Crippen molar-refractivity contribution in [2.45, 2.75) is 19.8 Å². The van der Waals surface area contributed by atoms with Gasteiger partial charge in [0.25, 0.3) is 0 Å². The number of aromatic nitrogens is 1. The van der Waals surface area contributed by atoms with E-state index in [0.717, 1.165) is 36.6 Å². The molecule has 3 nitrogen and oxygen atoms in total. The number of aryl methyl sites for hydroxylation is 1. The van der Waals surface area contributed by atoms with Crippen LogP contribution in [0.2, 0.25) is 0 Å². The zero-order valence-corrected chi connectivity index (χ0v) is 12.2. The third-order valence-electron chi connectivity index (χ3n) is 2.92. The van der Waals surface area contributed by atoms with Crippen molar-refractivity contribution in [2.75, 3.05) is 32.5 Å². The van der Waals surface area contributed by atoms with Gasteiger partial charge in [-0.1, -0.05) is 24.3 Å². The molecule has 0 radical (unpaired) electrons. The first-order valence-corrected chi connectivity index (χ1v) is 7.28. The lowest BCUT2D eigenvalue weighted by atomic mass is 10.2. The molecule has 0 aliphatic rings. The zero-order valence-electron chi connectivity index (χ0n) is 11.4. The quantitative estimate of drug-likeness (QED) is 0.811. The van der Waals surface area contributed by atoms with Crippen LogP contribution < -0.4 is 5.32 Å². The smallest absolute Gasteiger partial charge is 0.183 e. The number of nitrogens with one attached hydrogen (secondary N) is 1. The van der Waals surface area contributed by atoms with Crippen LogP contribution in [0.5, 0.6) is 0 Å². The SMILES string of the molecule is CCc1ccc2nc(NCCCN(C)C)sc2c1. The highest BCUT2D eigenvalue weighted by atomic mass is 32.1. The van der Waals surface area contributed by atoms with E-state index in [1.807, 2.05) is 0 Å². The van der Waals surface area contributed by atoms with Crippen LogP contribution in [0.3, 0.4) is 0 Å². The number of anilines is 1. The minimum atomic E-state index is 0.985. The van der Waals surface area contributed by atoms with Crippen LogP contribution in [0.15, 0.2) is 18.2 Å². The van der Waals surface area contributed by atoms with E-state index in [1.54, 1.807) is 11.3 Å². The molecular formula is C14H21N3S. The molecule has 0 spiro atoms. The third kappa shape index (κ3) is 3.43. The molecule has 0 amide bonds. The average molecular weight is 263 g/mol. The Morgan fingerprint density at radius 3 is 2.89 bits per heavy atom. The van der Waals surface area contributed by atoms with Gasteiger partial charge < -0.3 is 10.2 Å². The van der Waals surface area contributed by atoms with E-state index in [4.69, 9.17) is 0 Å². The molecule has 0 bridgehead atoms. The highest BCUT2D eigenvalue weighted by Crippen LogP contribution is 2.26. The van der Waals surface area contributed by atoms with Crippen LogP contribution in [0.1, 0.15) is 18.9 Å². The van der Waals surface area contributed by atoms with Gasteiger partial charge in [0.2, 0.25) is 0 Å². The van der Waals surface area contributed by atoms with Gasteiger partial charge in [-0.15, -0.1) is 0 Å². The normalized spacial score (nSPS) is 11.3. The Kier molecular flexibility index (Phi) is 4.55. The van der Waals surface area contributed by atoms with Crippen molar-refractivity contribution in [1.82, 2.24) is 9.88 Å². The van der Waals surface area contributed by atoms with Gasteiger partial charge in [0, 0.05) is 6.54 Å². The fraction of sp³-hybridized carbons (Fsp3) is 0.500. The topological polar surface area (TPSA) is 28.2 Å². The zero-order chi connectivity index (χ0) is 13.0. The highest BCUT2D eigenvalue weighted by molar-refractivity contribution is 7.22. The maximum atomic E-state index is 4.60. The molecule has 2 aromatic rings. The number of thiazole rings is 1. The van der Waals surface area contributed by atoms with E-state index in [9.17, 15) is 0 Å². The summed E-state index contributed by atoms with van der Waals surface area (Å²) in [6, 6.07) is 6.53. The summed E-state index contributed by atoms with van der Waals surface area (Å²) < 4.78 is 1.28. The molecule has 0 fully saturated rings. The summed E-state index contributed by atoms with van der Waals surface area (Å²) in [7, 11) is 4.20. The molecule has 18 heavy (non-hydrogen) atoms. The number of fused-ring (bicyclic) bond motifs is 1.